The zero-order valence-electron chi connectivity index (χ0n) is 4.72. The Bertz CT molecular complexity index is 129. The molecule has 0 bridgehead atoms. The van der Waals surface area contributed by atoms with Crippen LogP contribution < -0.4 is 56.5 Å². The molecule has 0 aliphatic carbocycles. The van der Waals surface area contributed by atoms with E-state index in [1.807, 2.05) is 0 Å². The number of imidazole rings is 1. The van der Waals surface area contributed by atoms with Gasteiger partial charge in [0.15, 0.2) is 0 Å². The molecule has 3 nitrogen and oxygen atoms in total. The first kappa shape index (κ1) is 8.81. The quantitative estimate of drug-likeness (QED) is 0.404. The minimum Gasteiger partial charge on any atom is -0.850 e. The summed E-state index contributed by atoms with van der Waals surface area (Å²) in [6.07, 6.45) is 3.01. The molecule has 4 heteroatoms. The molecule has 0 saturated heterocycles. The van der Waals surface area contributed by atoms with Crippen molar-refractivity contribution in [2.24, 2.45) is 0 Å². The molecule has 8 heavy (non-hydrogen) atoms. The second kappa shape index (κ2) is 4.66. The minimum absolute atomic E-state index is 0. The van der Waals surface area contributed by atoms with Crippen LogP contribution in [0.15, 0.2) is 12.5 Å². The van der Waals surface area contributed by atoms with Gasteiger partial charge in [-0.05, 0) is 0 Å². The summed E-state index contributed by atoms with van der Waals surface area (Å²) < 4.78 is 0. The molecule has 0 unspecified atom stereocenters. The molecule has 0 aliphatic heterocycles. The number of hydrogen-bond donors (Lipinski definition) is 1. The van der Waals surface area contributed by atoms with Crippen molar-refractivity contribution in [1.29, 1.82) is 0 Å². The van der Waals surface area contributed by atoms with Crippen molar-refractivity contribution >= 4 is 0 Å². The van der Waals surface area contributed by atoms with Crippen LogP contribution in [0.5, 0.6) is 0 Å². The van der Waals surface area contributed by atoms with Gasteiger partial charge >= 0.3 is 51.4 Å². The molecule has 1 heterocycles. The molecule has 0 atom stereocenters. The maximum Gasteiger partial charge on any atom is 1.00 e. The van der Waals surface area contributed by atoms with Gasteiger partial charge in [-0.3, -0.25) is 0 Å². The summed E-state index contributed by atoms with van der Waals surface area (Å²) in [4.78, 5) is 6.30. The van der Waals surface area contributed by atoms with Crippen LogP contribution in [0.3, 0.4) is 0 Å². The smallest absolute Gasteiger partial charge is 0.850 e. The first-order valence-corrected chi connectivity index (χ1v) is 1.99. The molecule has 38 valence electrons. The van der Waals surface area contributed by atoms with E-state index in [0.717, 1.165) is 0 Å². The van der Waals surface area contributed by atoms with Crippen LogP contribution in [0, 0.1) is 0 Å². The third-order valence-corrected chi connectivity index (χ3v) is 0.710. The fourth-order valence-electron chi connectivity index (χ4n) is 0.364. The molecule has 1 aromatic heterocycles. The molecule has 1 N–H and O–H groups in total. The molecule has 0 aromatic carbocycles. The molecule has 0 fully saturated rings. The Hall–Kier alpha value is 0.806. The van der Waals surface area contributed by atoms with E-state index in [1.54, 1.807) is 0 Å². The largest absolute Gasteiger partial charge is 1.00 e. The summed E-state index contributed by atoms with van der Waals surface area (Å²) in [7, 11) is 0. The average molecular weight is 136 g/mol. The summed E-state index contributed by atoms with van der Waals surface area (Å²) in [5, 5.41) is 9.92. The van der Waals surface area contributed by atoms with Gasteiger partial charge in [0.1, 0.15) is 0 Å². The van der Waals surface area contributed by atoms with Crippen molar-refractivity contribution in [3.05, 3.63) is 18.2 Å². The number of nitrogens with zero attached hydrogens (tertiary/aromatic N) is 1. The number of H-pyrrole nitrogens is 1. The van der Waals surface area contributed by atoms with E-state index in [-0.39, 0.29) is 58.0 Å². The summed E-state index contributed by atoms with van der Waals surface area (Å²) in [6.45, 7) is -0.208. The van der Waals surface area contributed by atoms with Gasteiger partial charge in [-0.1, -0.05) is 6.61 Å². The summed E-state index contributed by atoms with van der Waals surface area (Å²) in [5.74, 6) is 0. The molecule has 0 amide bonds. The van der Waals surface area contributed by atoms with E-state index in [4.69, 9.17) is 0 Å². The molecule has 0 radical (unpaired) electrons. The molecule has 0 saturated carbocycles. The van der Waals surface area contributed by atoms with E-state index in [2.05, 4.69) is 9.97 Å². The average Bonchev–Trinajstić information content (AvgIpc) is 2.14. The standard InChI is InChI=1S/C4H5N2O.K/c7-2-4-1-5-3-6-4;/h1,3H,2H2,(H,5,6);/q-1;+1. The monoisotopic (exact) mass is 136 g/mol. The van der Waals surface area contributed by atoms with Crippen LogP contribution in [0.1, 0.15) is 5.69 Å². The van der Waals surface area contributed by atoms with Crippen molar-refractivity contribution < 1.29 is 56.5 Å². The van der Waals surface area contributed by atoms with Crippen LogP contribution in [0.25, 0.3) is 0 Å². The van der Waals surface area contributed by atoms with E-state index >= 15 is 0 Å². The number of aromatic nitrogens is 2. The Labute approximate surface area is 89.9 Å². The fraction of sp³-hybridized carbons (Fsp3) is 0.250. The third kappa shape index (κ3) is 2.39. The van der Waals surface area contributed by atoms with Gasteiger partial charge in [0, 0.05) is 11.9 Å². The number of nitrogens with one attached hydrogen (secondary N) is 1. The zero-order valence-corrected chi connectivity index (χ0v) is 7.84. The second-order valence-corrected chi connectivity index (χ2v) is 1.22. The Morgan fingerprint density at radius 1 is 1.75 bits per heavy atom. The molecule has 1 rings (SSSR count). The Kier molecular flexibility index (Phi) is 5.13. The minimum atomic E-state index is -0.208. The van der Waals surface area contributed by atoms with E-state index in [1.165, 1.54) is 12.5 Å². The molecule has 0 spiro atoms. The van der Waals surface area contributed by atoms with Gasteiger partial charge in [0.2, 0.25) is 0 Å². The van der Waals surface area contributed by atoms with E-state index in [9.17, 15) is 5.11 Å². The first-order valence-electron chi connectivity index (χ1n) is 1.99. The Morgan fingerprint density at radius 3 is 2.75 bits per heavy atom. The second-order valence-electron chi connectivity index (χ2n) is 1.22. The van der Waals surface area contributed by atoms with E-state index in [0.29, 0.717) is 5.69 Å². The maximum atomic E-state index is 9.92. The Morgan fingerprint density at radius 2 is 2.50 bits per heavy atom. The van der Waals surface area contributed by atoms with Crippen molar-refractivity contribution in [2.75, 3.05) is 0 Å². The molecular weight excluding hydrogens is 131 g/mol. The van der Waals surface area contributed by atoms with Gasteiger partial charge in [0.25, 0.3) is 0 Å². The van der Waals surface area contributed by atoms with Crippen molar-refractivity contribution in [2.45, 2.75) is 6.61 Å². The molecule has 0 aliphatic rings. The summed E-state index contributed by atoms with van der Waals surface area (Å²) in [5.41, 5.74) is 0.639. The van der Waals surface area contributed by atoms with Gasteiger partial charge in [-0.2, -0.15) is 0 Å². The summed E-state index contributed by atoms with van der Waals surface area (Å²) >= 11 is 0. The van der Waals surface area contributed by atoms with Crippen molar-refractivity contribution in [1.82, 2.24) is 9.97 Å². The summed E-state index contributed by atoms with van der Waals surface area (Å²) in [6, 6.07) is 0. The third-order valence-electron chi connectivity index (χ3n) is 0.710. The predicted octanol–water partition coefficient (Wildman–Crippen LogP) is -3.73. The topological polar surface area (TPSA) is 51.7 Å². The van der Waals surface area contributed by atoms with Gasteiger partial charge in [0.05, 0.1) is 6.33 Å². The zero-order chi connectivity index (χ0) is 5.11. The molecule has 1 aromatic rings. The van der Waals surface area contributed by atoms with Crippen LogP contribution >= 0.6 is 0 Å². The fourth-order valence-corrected chi connectivity index (χ4v) is 0.364. The number of aromatic amines is 1. The van der Waals surface area contributed by atoms with Gasteiger partial charge in [-0.15, -0.1) is 0 Å². The normalized spacial score (nSPS) is 8.12. The molecular formula is C4H5KN2O. The van der Waals surface area contributed by atoms with Crippen LogP contribution in [0.4, 0.5) is 0 Å². The Balaban J connectivity index is 0.000000490. The van der Waals surface area contributed by atoms with Crippen molar-refractivity contribution in [3.8, 4) is 0 Å². The predicted molar refractivity (Wildman–Crippen MR) is 22.3 cm³/mol. The van der Waals surface area contributed by atoms with E-state index < -0.39 is 0 Å². The van der Waals surface area contributed by atoms with Crippen LogP contribution in [-0.4, -0.2) is 9.97 Å². The van der Waals surface area contributed by atoms with Crippen LogP contribution in [-0.2, 0) is 6.61 Å². The van der Waals surface area contributed by atoms with Gasteiger partial charge < -0.3 is 10.1 Å². The van der Waals surface area contributed by atoms with Gasteiger partial charge in [-0.25, -0.2) is 4.98 Å². The van der Waals surface area contributed by atoms with Crippen LogP contribution in [0.2, 0.25) is 0 Å². The number of hydrogen-bond acceptors (Lipinski definition) is 2. The maximum absolute atomic E-state index is 9.92. The number of rotatable bonds is 1. The van der Waals surface area contributed by atoms with Crippen molar-refractivity contribution in [3.63, 3.8) is 0 Å². The first-order chi connectivity index (χ1) is 3.43. The SMILES string of the molecule is [K+].[O-]Cc1cnc[nH]1.